The molecule has 1 atom stereocenters. The van der Waals surface area contributed by atoms with Crippen molar-refractivity contribution in [2.75, 3.05) is 17.3 Å². The summed E-state index contributed by atoms with van der Waals surface area (Å²) in [6, 6.07) is 11.2. The molecule has 1 unspecified atom stereocenters. The zero-order chi connectivity index (χ0) is 30.2. The van der Waals surface area contributed by atoms with Gasteiger partial charge < -0.3 is 16.0 Å². The van der Waals surface area contributed by atoms with Gasteiger partial charge in [0.25, 0.3) is 5.91 Å². The molecule has 1 amide bonds. The molecule has 0 aromatic heterocycles. The van der Waals surface area contributed by atoms with Crippen molar-refractivity contribution in [2.24, 2.45) is 11.7 Å². The summed E-state index contributed by atoms with van der Waals surface area (Å²) in [6.07, 6.45) is 7.64. The second kappa shape index (κ2) is 14.1. The minimum absolute atomic E-state index is 0.0951. The molecule has 2 aromatic carbocycles. The van der Waals surface area contributed by atoms with Crippen molar-refractivity contribution in [3.63, 3.8) is 0 Å². The molecule has 0 heterocycles. The minimum atomic E-state index is -4.76. The molecular formula is C33H37F4N3O. The van der Waals surface area contributed by atoms with Gasteiger partial charge in [0.15, 0.2) is 0 Å². The van der Waals surface area contributed by atoms with E-state index in [2.05, 4.69) is 18.5 Å². The SMILES string of the molecule is C=C/C(=C\C=C/C)C(CCC1CC1)c1ccc(F)c(NC(=O)/C(=C/C(=C)C(F)(F)F)N(C)c2cccc(CN)c2)c1. The molecule has 8 heteroatoms. The summed E-state index contributed by atoms with van der Waals surface area (Å²) in [6.45, 7) is 9.16. The highest BCUT2D eigenvalue weighted by Crippen LogP contribution is 2.40. The molecule has 4 nitrogen and oxygen atoms in total. The first-order valence-electron chi connectivity index (χ1n) is 13.5. The Hall–Kier alpha value is -3.91. The van der Waals surface area contributed by atoms with E-state index in [0.717, 1.165) is 29.5 Å². The van der Waals surface area contributed by atoms with Crippen molar-refractivity contribution >= 4 is 17.3 Å². The Bertz CT molecular complexity index is 1350. The molecule has 218 valence electrons. The summed E-state index contributed by atoms with van der Waals surface area (Å²) in [5, 5.41) is 2.50. The van der Waals surface area contributed by atoms with Gasteiger partial charge in [-0.1, -0.05) is 68.5 Å². The van der Waals surface area contributed by atoms with Gasteiger partial charge in [-0.15, -0.1) is 0 Å². The maximum Gasteiger partial charge on any atom is 0.415 e. The summed E-state index contributed by atoms with van der Waals surface area (Å²) < 4.78 is 55.3. The van der Waals surface area contributed by atoms with E-state index in [0.29, 0.717) is 17.7 Å². The Kier molecular flexibility index (Phi) is 10.9. The van der Waals surface area contributed by atoms with Crippen molar-refractivity contribution in [3.05, 3.63) is 120 Å². The zero-order valence-corrected chi connectivity index (χ0v) is 23.5. The number of hydrogen-bond acceptors (Lipinski definition) is 3. The highest BCUT2D eigenvalue weighted by atomic mass is 19.4. The van der Waals surface area contributed by atoms with Crippen LogP contribution in [0.2, 0.25) is 0 Å². The van der Waals surface area contributed by atoms with Crippen molar-refractivity contribution in [3.8, 4) is 0 Å². The van der Waals surface area contributed by atoms with Crippen LogP contribution in [0.15, 0.2) is 103 Å². The van der Waals surface area contributed by atoms with Crippen molar-refractivity contribution in [1.82, 2.24) is 0 Å². The summed E-state index contributed by atoms with van der Waals surface area (Å²) in [4.78, 5) is 14.8. The number of halogens is 4. The zero-order valence-electron chi connectivity index (χ0n) is 23.5. The predicted molar refractivity (Wildman–Crippen MR) is 159 cm³/mol. The number of nitrogens with two attached hydrogens (primary N) is 1. The molecule has 0 bridgehead atoms. The molecule has 1 fully saturated rings. The number of carbonyl (C=O) groups is 1. The average Bonchev–Trinajstić information content (AvgIpc) is 3.78. The molecule has 3 rings (SSSR count). The van der Waals surface area contributed by atoms with Gasteiger partial charge in [0.1, 0.15) is 11.5 Å². The fraction of sp³-hybridized carbons (Fsp3) is 0.303. The van der Waals surface area contributed by atoms with E-state index in [-0.39, 0.29) is 23.8 Å². The quantitative estimate of drug-likeness (QED) is 0.145. The van der Waals surface area contributed by atoms with E-state index < -0.39 is 23.5 Å². The number of carbonyl (C=O) groups excluding carboxylic acids is 1. The van der Waals surface area contributed by atoms with Gasteiger partial charge >= 0.3 is 6.18 Å². The van der Waals surface area contributed by atoms with Crippen LogP contribution in [0.3, 0.4) is 0 Å². The van der Waals surface area contributed by atoms with Crippen molar-refractivity contribution in [2.45, 2.75) is 51.2 Å². The first kappa shape index (κ1) is 31.6. The van der Waals surface area contributed by atoms with Crippen LogP contribution in [0, 0.1) is 11.7 Å². The van der Waals surface area contributed by atoms with Gasteiger partial charge in [-0.05, 0) is 72.7 Å². The van der Waals surface area contributed by atoms with Gasteiger partial charge in [-0.2, -0.15) is 13.2 Å². The highest BCUT2D eigenvalue weighted by Gasteiger charge is 2.32. The number of likely N-dealkylation sites (N-methyl/N-ethyl adjacent to an activating group) is 1. The van der Waals surface area contributed by atoms with E-state index in [1.807, 2.05) is 25.2 Å². The van der Waals surface area contributed by atoms with Gasteiger partial charge in [0.05, 0.1) is 11.3 Å². The molecule has 41 heavy (non-hydrogen) atoms. The van der Waals surface area contributed by atoms with Gasteiger partial charge in [0.2, 0.25) is 0 Å². The molecule has 2 aromatic rings. The molecule has 0 saturated heterocycles. The summed E-state index contributed by atoms with van der Waals surface area (Å²) in [7, 11) is 1.45. The lowest BCUT2D eigenvalue weighted by Crippen LogP contribution is -2.29. The minimum Gasteiger partial charge on any atom is -0.340 e. The van der Waals surface area contributed by atoms with Gasteiger partial charge in [-0.3, -0.25) is 4.79 Å². The predicted octanol–water partition coefficient (Wildman–Crippen LogP) is 8.32. The first-order chi connectivity index (χ1) is 19.5. The Morgan fingerprint density at radius 3 is 2.56 bits per heavy atom. The third-order valence-corrected chi connectivity index (χ3v) is 7.12. The monoisotopic (exact) mass is 567 g/mol. The van der Waals surface area contributed by atoms with Crippen LogP contribution in [-0.4, -0.2) is 19.1 Å². The lowest BCUT2D eigenvalue weighted by Gasteiger charge is -2.24. The van der Waals surface area contributed by atoms with E-state index >= 15 is 4.39 Å². The molecule has 1 saturated carbocycles. The fourth-order valence-electron chi connectivity index (χ4n) is 4.50. The number of nitrogens with zero attached hydrogens (tertiary/aromatic N) is 1. The van der Waals surface area contributed by atoms with Crippen LogP contribution in [0.4, 0.5) is 28.9 Å². The third-order valence-electron chi connectivity index (χ3n) is 7.12. The van der Waals surface area contributed by atoms with Crippen molar-refractivity contribution < 1.29 is 22.4 Å². The largest absolute Gasteiger partial charge is 0.415 e. The molecule has 1 aliphatic rings. The van der Waals surface area contributed by atoms with E-state index in [4.69, 9.17) is 5.73 Å². The standard InChI is InChI=1S/C33H37F4N3O/c1-5-7-10-25(6-2)28(16-14-23-12-13-23)26-15-17-29(34)30(20-26)39-32(41)31(18-22(3)33(35,36)37)40(4)27-11-8-9-24(19-27)21-38/h5-11,15,17-20,23,28H,2-3,12-14,16,21,38H2,1,4H3,(H,39,41)/b7-5-,25-10+,31-18-. The number of nitrogens with one attached hydrogen (secondary N) is 1. The number of amides is 1. The van der Waals surface area contributed by atoms with Gasteiger partial charge in [-0.25, -0.2) is 4.39 Å². The molecule has 0 radical (unpaired) electrons. The van der Waals surface area contributed by atoms with Crippen LogP contribution < -0.4 is 16.0 Å². The molecular weight excluding hydrogens is 530 g/mol. The topological polar surface area (TPSA) is 58.4 Å². The highest BCUT2D eigenvalue weighted by molar-refractivity contribution is 6.06. The van der Waals surface area contributed by atoms with Crippen molar-refractivity contribution in [1.29, 1.82) is 0 Å². The van der Waals surface area contributed by atoms with Crippen LogP contribution in [0.1, 0.15) is 49.7 Å². The lowest BCUT2D eigenvalue weighted by molar-refractivity contribution is -0.113. The van der Waals surface area contributed by atoms with Crippen LogP contribution in [-0.2, 0) is 11.3 Å². The Labute approximate surface area is 239 Å². The Balaban J connectivity index is 1.99. The molecule has 0 spiro atoms. The smallest absolute Gasteiger partial charge is 0.340 e. The number of alkyl halides is 3. The second-order valence-corrected chi connectivity index (χ2v) is 10.1. The Morgan fingerprint density at radius 2 is 1.95 bits per heavy atom. The van der Waals surface area contributed by atoms with E-state index in [1.165, 1.54) is 30.9 Å². The number of allylic oxidation sites excluding steroid dienone is 7. The summed E-state index contributed by atoms with van der Waals surface area (Å²) in [5.74, 6) is -1.05. The first-order valence-corrected chi connectivity index (χ1v) is 13.5. The van der Waals surface area contributed by atoms with E-state index in [1.54, 1.807) is 42.5 Å². The summed E-state index contributed by atoms with van der Waals surface area (Å²) >= 11 is 0. The molecule has 0 aliphatic heterocycles. The molecule has 3 N–H and O–H groups in total. The van der Waals surface area contributed by atoms with Crippen LogP contribution in [0.5, 0.6) is 0 Å². The fourth-order valence-corrected chi connectivity index (χ4v) is 4.50. The Morgan fingerprint density at radius 1 is 1.22 bits per heavy atom. The average molecular weight is 568 g/mol. The maximum atomic E-state index is 15.0. The molecule has 1 aliphatic carbocycles. The number of hydrogen-bond donors (Lipinski definition) is 2. The normalized spacial score (nSPS) is 15.1. The van der Waals surface area contributed by atoms with Gasteiger partial charge in [0, 0.05) is 25.2 Å². The summed E-state index contributed by atoms with van der Waals surface area (Å²) in [5.41, 5.74) is 6.88. The third kappa shape index (κ3) is 8.79. The lowest BCUT2D eigenvalue weighted by atomic mass is 9.85. The van der Waals surface area contributed by atoms with Crippen LogP contribution >= 0.6 is 0 Å². The van der Waals surface area contributed by atoms with E-state index in [9.17, 15) is 18.0 Å². The second-order valence-electron chi connectivity index (χ2n) is 10.1. The van der Waals surface area contributed by atoms with Crippen LogP contribution in [0.25, 0.3) is 0 Å². The number of benzene rings is 2. The maximum absolute atomic E-state index is 15.0. The number of rotatable bonds is 13. The number of anilines is 2.